The molecule has 3 unspecified atom stereocenters. The highest BCUT2D eigenvalue weighted by molar-refractivity contribution is 7.99. The van der Waals surface area contributed by atoms with E-state index in [9.17, 15) is 10.2 Å². The molecule has 16 heavy (non-hydrogen) atoms. The number of nitrogen functional groups attached to an aromatic ring is 1. The lowest BCUT2D eigenvalue weighted by Gasteiger charge is -2.14. The summed E-state index contributed by atoms with van der Waals surface area (Å²) in [4.78, 5) is 0.972. The first-order chi connectivity index (χ1) is 7.68. The number of para-hydroxylation sites is 1. The molecule has 4 N–H and O–H groups in total. The first-order valence-corrected chi connectivity index (χ1v) is 6.12. The van der Waals surface area contributed by atoms with Gasteiger partial charge in [-0.3, -0.25) is 0 Å². The van der Waals surface area contributed by atoms with Crippen molar-refractivity contribution in [3.05, 3.63) is 24.3 Å². The van der Waals surface area contributed by atoms with Gasteiger partial charge in [-0.05, 0) is 12.1 Å². The van der Waals surface area contributed by atoms with Gasteiger partial charge >= 0.3 is 0 Å². The summed E-state index contributed by atoms with van der Waals surface area (Å²) in [5.41, 5.74) is 6.52. The number of rotatable bonds is 3. The van der Waals surface area contributed by atoms with Crippen LogP contribution in [0.2, 0.25) is 0 Å². The number of hydrogen-bond donors (Lipinski definition) is 3. The Labute approximate surface area is 98.4 Å². The van der Waals surface area contributed by atoms with Crippen LogP contribution in [0.25, 0.3) is 0 Å². The Kier molecular flexibility index (Phi) is 3.70. The highest BCUT2D eigenvalue weighted by Crippen LogP contribution is 2.28. The fourth-order valence-electron chi connectivity index (χ4n) is 1.60. The number of nitrogens with two attached hydrogens (primary N) is 1. The van der Waals surface area contributed by atoms with E-state index in [-0.39, 0.29) is 12.7 Å². The van der Waals surface area contributed by atoms with Gasteiger partial charge in [0.2, 0.25) is 0 Å². The summed E-state index contributed by atoms with van der Waals surface area (Å²) in [6.07, 6.45) is -1.88. The predicted molar refractivity (Wildman–Crippen MR) is 63.3 cm³/mol. The van der Waals surface area contributed by atoms with Gasteiger partial charge in [0.05, 0.1) is 12.7 Å². The van der Waals surface area contributed by atoms with Crippen molar-refractivity contribution in [1.82, 2.24) is 0 Å². The number of thioether (sulfide) groups is 1. The van der Waals surface area contributed by atoms with Crippen LogP contribution < -0.4 is 5.73 Å². The highest BCUT2D eigenvalue weighted by atomic mass is 32.2. The van der Waals surface area contributed by atoms with Gasteiger partial charge in [0.25, 0.3) is 0 Å². The van der Waals surface area contributed by atoms with Crippen LogP contribution in [-0.2, 0) is 4.74 Å². The van der Waals surface area contributed by atoms with E-state index < -0.39 is 12.2 Å². The standard InChI is InChI=1S/C11H15NO3S/c12-7-3-1-2-4-10(7)16-6-9-11(14)8(13)5-15-9/h1-4,8-9,11,13-14H,5-6,12H2. The number of aliphatic hydroxyl groups excluding tert-OH is 2. The zero-order valence-corrected chi connectivity index (χ0v) is 9.56. The van der Waals surface area contributed by atoms with Gasteiger partial charge in [0.15, 0.2) is 0 Å². The maximum atomic E-state index is 9.59. The van der Waals surface area contributed by atoms with Crippen LogP contribution >= 0.6 is 11.8 Å². The van der Waals surface area contributed by atoms with Crippen molar-refractivity contribution in [1.29, 1.82) is 0 Å². The third-order valence-electron chi connectivity index (χ3n) is 2.58. The molecule has 0 amide bonds. The molecule has 0 aliphatic carbocycles. The Bertz CT molecular complexity index is 361. The molecule has 1 aromatic rings. The van der Waals surface area contributed by atoms with E-state index in [2.05, 4.69) is 0 Å². The molecule has 0 saturated carbocycles. The summed E-state index contributed by atoms with van der Waals surface area (Å²) in [5.74, 6) is 0.590. The fraction of sp³-hybridized carbons (Fsp3) is 0.455. The van der Waals surface area contributed by atoms with Gasteiger partial charge in [-0.15, -0.1) is 11.8 Å². The zero-order chi connectivity index (χ0) is 11.5. The normalized spacial score (nSPS) is 29.5. The van der Waals surface area contributed by atoms with Gasteiger partial charge in [-0.25, -0.2) is 0 Å². The number of anilines is 1. The van der Waals surface area contributed by atoms with Gasteiger partial charge in [-0.2, -0.15) is 0 Å². The van der Waals surface area contributed by atoms with E-state index in [0.29, 0.717) is 5.75 Å². The minimum absolute atomic E-state index is 0.205. The van der Waals surface area contributed by atoms with E-state index in [1.54, 1.807) is 0 Å². The summed E-state index contributed by atoms with van der Waals surface area (Å²) in [6, 6.07) is 7.56. The number of aliphatic hydroxyl groups is 2. The Morgan fingerprint density at radius 2 is 2.12 bits per heavy atom. The average Bonchev–Trinajstić information content (AvgIpc) is 2.59. The number of ether oxygens (including phenoxy) is 1. The molecule has 1 heterocycles. The summed E-state index contributed by atoms with van der Waals surface area (Å²) >= 11 is 1.53. The Balaban J connectivity index is 1.91. The lowest BCUT2D eigenvalue weighted by molar-refractivity contribution is 0.0337. The average molecular weight is 241 g/mol. The third kappa shape index (κ3) is 2.49. The molecule has 0 bridgehead atoms. The molecular formula is C11H15NO3S. The quantitative estimate of drug-likeness (QED) is 0.530. The molecule has 1 aliphatic heterocycles. The van der Waals surface area contributed by atoms with Crippen molar-refractivity contribution in [2.75, 3.05) is 18.1 Å². The van der Waals surface area contributed by atoms with Crippen LogP contribution in [0.1, 0.15) is 0 Å². The van der Waals surface area contributed by atoms with E-state index in [0.717, 1.165) is 10.6 Å². The second kappa shape index (κ2) is 5.05. The van der Waals surface area contributed by atoms with Crippen LogP contribution in [0.4, 0.5) is 5.69 Å². The Morgan fingerprint density at radius 1 is 1.38 bits per heavy atom. The maximum Gasteiger partial charge on any atom is 0.109 e. The van der Waals surface area contributed by atoms with Gasteiger partial charge in [-0.1, -0.05) is 12.1 Å². The minimum Gasteiger partial charge on any atom is -0.398 e. The molecule has 1 aromatic carbocycles. The van der Waals surface area contributed by atoms with Crippen LogP contribution in [0.3, 0.4) is 0 Å². The molecule has 0 spiro atoms. The van der Waals surface area contributed by atoms with Crippen molar-refractivity contribution in [2.45, 2.75) is 23.2 Å². The van der Waals surface area contributed by atoms with Crippen LogP contribution in [-0.4, -0.2) is 40.9 Å². The molecule has 0 radical (unpaired) electrons. The lowest BCUT2D eigenvalue weighted by atomic mass is 10.2. The van der Waals surface area contributed by atoms with Gasteiger partial charge < -0.3 is 20.7 Å². The molecule has 3 atom stereocenters. The van der Waals surface area contributed by atoms with Crippen molar-refractivity contribution < 1.29 is 14.9 Å². The topological polar surface area (TPSA) is 75.7 Å². The number of hydrogen-bond acceptors (Lipinski definition) is 5. The van der Waals surface area contributed by atoms with Gasteiger partial charge in [0, 0.05) is 16.3 Å². The molecule has 0 aromatic heterocycles. The van der Waals surface area contributed by atoms with E-state index in [4.69, 9.17) is 10.5 Å². The van der Waals surface area contributed by atoms with E-state index >= 15 is 0 Å². The summed E-state index contributed by atoms with van der Waals surface area (Å²) in [5, 5.41) is 18.9. The molecule has 2 rings (SSSR count). The predicted octanol–water partition coefficient (Wildman–Crippen LogP) is 0.481. The largest absolute Gasteiger partial charge is 0.398 e. The first-order valence-electron chi connectivity index (χ1n) is 5.13. The molecule has 1 aliphatic rings. The molecule has 1 saturated heterocycles. The molecular weight excluding hydrogens is 226 g/mol. The lowest BCUT2D eigenvalue weighted by Crippen LogP contribution is -2.31. The van der Waals surface area contributed by atoms with Crippen molar-refractivity contribution >= 4 is 17.4 Å². The second-order valence-corrected chi connectivity index (χ2v) is 4.84. The molecule has 88 valence electrons. The molecule has 1 fully saturated rings. The monoisotopic (exact) mass is 241 g/mol. The smallest absolute Gasteiger partial charge is 0.109 e. The zero-order valence-electron chi connectivity index (χ0n) is 8.74. The first kappa shape index (κ1) is 11.7. The number of benzene rings is 1. The van der Waals surface area contributed by atoms with E-state index in [1.165, 1.54) is 11.8 Å². The minimum atomic E-state index is -0.794. The second-order valence-electron chi connectivity index (χ2n) is 3.78. The molecule has 5 heteroatoms. The summed E-state index contributed by atoms with van der Waals surface area (Å²) in [6.45, 7) is 0.205. The maximum absolute atomic E-state index is 9.59. The van der Waals surface area contributed by atoms with Crippen molar-refractivity contribution in [2.24, 2.45) is 0 Å². The van der Waals surface area contributed by atoms with Crippen LogP contribution in [0.5, 0.6) is 0 Å². The third-order valence-corrected chi connectivity index (χ3v) is 3.76. The summed E-state index contributed by atoms with van der Waals surface area (Å²) < 4.78 is 5.28. The van der Waals surface area contributed by atoms with E-state index in [1.807, 2.05) is 24.3 Å². The van der Waals surface area contributed by atoms with Crippen molar-refractivity contribution in [3.63, 3.8) is 0 Å². The molecule has 4 nitrogen and oxygen atoms in total. The highest BCUT2D eigenvalue weighted by Gasteiger charge is 2.34. The van der Waals surface area contributed by atoms with Gasteiger partial charge in [0.1, 0.15) is 12.2 Å². The van der Waals surface area contributed by atoms with Crippen LogP contribution in [0.15, 0.2) is 29.2 Å². The van der Waals surface area contributed by atoms with Crippen LogP contribution in [0, 0.1) is 0 Å². The Hall–Kier alpha value is -0.750. The fourth-order valence-corrected chi connectivity index (χ4v) is 2.64. The summed E-state index contributed by atoms with van der Waals surface area (Å²) in [7, 11) is 0. The SMILES string of the molecule is Nc1ccccc1SCC1OCC(O)C1O. The Morgan fingerprint density at radius 3 is 2.75 bits per heavy atom. The van der Waals surface area contributed by atoms with Crippen molar-refractivity contribution in [3.8, 4) is 0 Å².